The molecule has 2 rings (SSSR count). The smallest absolute Gasteiger partial charge is 0.316 e. The van der Waals surface area contributed by atoms with E-state index in [1.165, 1.54) is 9.13 Å². The van der Waals surface area contributed by atoms with Gasteiger partial charge in [0.05, 0.1) is 11.0 Å². The van der Waals surface area contributed by atoms with E-state index >= 15 is 0 Å². The molecule has 0 atom stereocenters. The standard InChI is InChI=1S/C16H21N3O3/c1-9(2)6-14(20)17-11-8-13-12(7-10(11)3)18(4)15(21)16(22)19(13)5/h7-9H,6H2,1-5H3,(H,17,20). The van der Waals surface area contributed by atoms with Crippen LogP contribution in [0.4, 0.5) is 5.69 Å². The summed E-state index contributed by atoms with van der Waals surface area (Å²) < 4.78 is 2.65. The molecule has 0 saturated heterocycles. The minimum atomic E-state index is -0.585. The van der Waals surface area contributed by atoms with Gasteiger partial charge in [-0.1, -0.05) is 13.8 Å². The van der Waals surface area contributed by atoms with Crippen molar-refractivity contribution in [2.24, 2.45) is 20.0 Å². The van der Waals surface area contributed by atoms with Gasteiger partial charge in [-0.25, -0.2) is 0 Å². The van der Waals surface area contributed by atoms with Gasteiger partial charge in [-0.3, -0.25) is 14.4 Å². The van der Waals surface area contributed by atoms with Crippen LogP contribution in [0.2, 0.25) is 0 Å². The van der Waals surface area contributed by atoms with Crippen LogP contribution in [0.5, 0.6) is 0 Å². The van der Waals surface area contributed by atoms with Crippen molar-refractivity contribution in [2.75, 3.05) is 5.32 Å². The molecule has 6 heteroatoms. The third kappa shape index (κ3) is 2.81. The monoisotopic (exact) mass is 303 g/mol. The molecule has 0 radical (unpaired) electrons. The molecule has 6 nitrogen and oxygen atoms in total. The number of hydrogen-bond donors (Lipinski definition) is 1. The number of benzene rings is 1. The Bertz CT molecular complexity index is 860. The minimum Gasteiger partial charge on any atom is -0.326 e. The van der Waals surface area contributed by atoms with Gasteiger partial charge in [-0.15, -0.1) is 0 Å². The molecule has 1 amide bonds. The number of carbonyl (C=O) groups excluding carboxylic acids is 1. The zero-order chi connectivity index (χ0) is 16.6. The lowest BCUT2D eigenvalue weighted by molar-refractivity contribution is -0.116. The number of aryl methyl sites for hydroxylation is 3. The third-order valence-electron chi connectivity index (χ3n) is 3.70. The highest BCUT2D eigenvalue weighted by molar-refractivity contribution is 5.94. The fourth-order valence-corrected chi connectivity index (χ4v) is 2.43. The maximum absolute atomic E-state index is 11.9. The van der Waals surface area contributed by atoms with Crippen LogP contribution < -0.4 is 16.4 Å². The second kappa shape index (κ2) is 5.79. The SMILES string of the molecule is Cc1cc2c(cc1NC(=O)CC(C)C)n(C)c(=O)c(=O)n2C. The largest absolute Gasteiger partial charge is 0.326 e. The number of aromatic nitrogens is 2. The van der Waals surface area contributed by atoms with Gasteiger partial charge in [0.1, 0.15) is 0 Å². The van der Waals surface area contributed by atoms with Crippen molar-refractivity contribution in [3.63, 3.8) is 0 Å². The molecule has 0 spiro atoms. The lowest BCUT2D eigenvalue weighted by Gasteiger charge is -2.14. The molecule has 0 aliphatic rings. The maximum atomic E-state index is 11.9. The fourth-order valence-electron chi connectivity index (χ4n) is 2.43. The summed E-state index contributed by atoms with van der Waals surface area (Å²) in [5.41, 5.74) is 1.62. The Hall–Kier alpha value is -2.37. The molecule has 1 aromatic heterocycles. The quantitative estimate of drug-likeness (QED) is 0.874. The summed E-state index contributed by atoms with van der Waals surface area (Å²) >= 11 is 0. The molecule has 118 valence electrons. The number of carbonyl (C=O) groups is 1. The van der Waals surface area contributed by atoms with E-state index in [-0.39, 0.29) is 11.8 Å². The molecule has 2 aromatic rings. The molecular weight excluding hydrogens is 282 g/mol. The van der Waals surface area contributed by atoms with Crippen molar-refractivity contribution in [1.29, 1.82) is 0 Å². The first-order chi connectivity index (χ1) is 10.2. The molecule has 0 aliphatic heterocycles. The third-order valence-corrected chi connectivity index (χ3v) is 3.70. The maximum Gasteiger partial charge on any atom is 0.316 e. The summed E-state index contributed by atoms with van der Waals surface area (Å²) in [5, 5.41) is 2.87. The van der Waals surface area contributed by atoms with Crippen LogP contribution in [0.3, 0.4) is 0 Å². The van der Waals surface area contributed by atoms with E-state index in [1.54, 1.807) is 26.2 Å². The highest BCUT2D eigenvalue weighted by atomic mass is 16.2. The van der Waals surface area contributed by atoms with Crippen molar-refractivity contribution in [3.05, 3.63) is 38.4 Å². The Kier molecular flexibility index (Phi) is 4.21. The number of nitrogens with zero attached hydrogens (tertiary/aromatic N) is 2. The van der Waals surface area contributed by atoms with E-state index < -0.39 is 11.1 Å². The Morgan fingerprint density at radius 2 is 1.59 bits per heavy atom. The van der Waals surface area contributed by atoms with Crippen LogP contribution in [-0.2, 0) is 18.9 Å². The molecule has 0 bridgehead atoms. The number of rotatable bonds is 3. The lowest BCUT2D eigenvalue weighted by atomic mass is 10.1. The first kappa shape index (κ1) is 16.0. The van der Waals surface area contributed by atoms with E-state index in [2.05, 4.69) is 5.32 Å². The predicted molar refractivity (Wildman–Crippen MR) is 87.3 cm³/mol. The van der Waals surface area contributed by atoms with Gasteiger partial charge < -0.3 is 14.5 Å². The molecule has 0 fully saturated rings. The average Bonchev–Trinajstić information content (AvgIpc) is 2.43. The molecule has 1 aromatic carbocycles. The number of fused-ring (bicyclic) bond motifs is 1. The molecular formula is C16H21N3O3. The van der Waals surface area contributed by atoms with Crippen LogP contribution in [-0.4, -0.2) is 15.0 Å². The van der Waals surface area contributed by atoms with E-state index in [4.69, 9.17) is 0 Å². The van der Waals surface area contributed by atoms with Crippen LogP contribution in [0.1, 0.15) is 25.8 Å². The van der Waals surface area contributed by atoms with Gasteiger partial charge in [-0.05, 0) is 30.5 Å². The average molecular weight is 303 g/mol. The van der Waals surface area contributed by atoms with Gasteiger partial charge in [0, 0.05) is 26.2 Å². The zero-order valence-electron chi connectivity index (χ0n) is 13.6. The van der Waals surface area contributed by atoms with Crippen molar-refractivity contribution >= 4 is 22.6 Å². The topological polar surface area (TPSA) is 73.1 Å². The number of anilines is 1. The van der Waals surface area contributed by atoms with Gasteiger partial charge in [0.2, 0.25) is 5.91 Å². The highest BCUT2D eigenvalue weighted by Gasteiger charge is 2.13. The van der Waals surface area contributed by atoms with Crippen molar-refractivity contribution in [1.82, 2.24) is 9.13 Å². The van der Waals surface area contributed by atoms with Crippen molar-refractivity contribution in [3.8, 4) is 0 Å². The summed E-state index contributed by atoms with van der Waals surface area (Å²) in [6, 6.07) is 3.55. The second-order valence-electron chi connectivity index (χ2n) is 6.03. The Balaban J connectivity index is 2.60. The van der Waals surface area contributed by atoms with Crippen molar-refractivity contribution in [2.45, 2.75) is 27.2 Å². The fraction of sp³-hybridized carbons (Fsp3) is 0.438. The Morgan fingerprint density at radius 1 is 1.09 bits per heavy atom. The van der Waals surface area contributed by atoms with E-state index in [0.717, 1.165) is 5.56 Å². The Labute approximate surface area is 128 Å². The summed E-state index contributed by atoms with van der Waals surface area (Å²) in [6.07, 6.45) is 0.434. The highest BCUT2D eigenvalue weighted by Crippen LogP contribution is 2.22. The molecule has 0 saturated carbocycles. The number of hydrogen-bond acceptors (Lipinski definition) is 3. The number of nitrogens with one attached hydrogen (secondary N) is 1. The summed E-state index contributed by atoms with van der Waals surface area (Å²) in [6.45, 7) is 5.82. The van der Waals surface area contributed by atoms with Crippen LogP contribution in [0.25, 0.3) is 11.0 Å². The first-order valence-corrected chi connectivity index (χ1v) is 7.22. The van der Waals surface area contributed by atoms with Crippen molar-refractivity contribution < 1.29 is 4.79 Å². The molecule has 1 N–H and O–H groups in total. The molecule has 0 aliphatic carbocycles. The zero-order valence-corrected chi connectivity index (χ0v) is 13.6. The van der Waals surface area contributed by atoms with Gasteiger partial charge >= 0.3 is 11.1 Å². The summed E-state index contributed by atoms with van der Waals surface area (Å²) in [7, 11) is 3.13. The minimum absolute atomic E-state index is 0.0627. The normalized spacial score (nSPS) is 11.2. The van der Waals surface area contributed by atoms with Crippen LogP contribution >= 0.6 is 0 Å². The van der Waals surface area contributed by atoms with Gasteiger partial charge in [-0.2, -0.15) is 0 Å². The van der Waals surface area contributed by atoms with Gasteiger partial charge in [0.15, 0.2) is 0 Å². The number of amides is 1. The van der Waals surface area contributed by atoms with Crippen LogP contribution in [0, 0.1) is 12.8 Å². The van der Waals surface area contributed by atoms with Crippen LogP contribution in [0.15, 0.2) is 21.7 Å². The molecule has 0 unspecified atom stereocenters. The van der Waals surface area contributed by atoms with E-state index in [1.807, 2.05) is 20.8 Å². The molecule has 22 heavy (non-hydrogen) atoms. The summed E-state index contributed by atoms with van der Waals surface area (Å²) in [5.74, 6) is 0.207. The second-order valence-corrected chi connectivity index (χ2v) is 6.03. The summed E-state index contributed by atoms with van der Waals surface area (Å²) in [4.78, 5) is 35.7. The van der Waals surface area contributed by atoms with E-state index in [9.17, 15) is 14.4 Å². The molecule has 1 heterocycles. The first-order valence-electron chi connectivity index (χ1n) is 7.22. The Morgan fingerprint density at radius 3 is 2.09 bits per heavy atom. The van der Waals surface area contributed by atoms with E-state index in [0.29, 0.717) is 23.1 Å². The lowest BCUT2D eigenvalue weighted by Crippen LogP contribution is -2.39. The van der Waals surface area contributed by atoms with Gasteiger partial charge in [0.25, 0.3) is 0 Å². The predicted octanol–water partition coefficient (Wildman–Crippen LogP) is 1.53.